The molecule has 1 heterocycles. The van der Waals surface area contributed by atoms with E-state index in [1.165, 1.54) is 11.3 Å². The van der Waals surface area contributed by atoms with E-state index < -0.39 is 0 Å². The fourth-order valence-electron chi connectivity index (χ4n) is 1.69. The van der Waals surface area contributed by atoms with Crippen molar-refractivity contribution >= 4 is 22.4 Å². The number of amides is 1. The molecule has 0 saturated heterocycles. The lowest BCUT2D eigenvalue weighted by Gasteiger charge is -2.07. The first kappa shape index (κ1) is 15.3. The summed E-state index contributed by atoms with van der Waals surface area (Å²) in [6.07, 6.45) is 2.81. The van der Waals surface area contributed by atoms with Gasteiger partial charge in [-0.15, -0.1) is 11.3 Å². The Balaban J connectivity index is 1.65. The van der Waals surface area contributed by atoms with E-state index in [9.17, 15) is 4.79 Å². The minimum atomic E-state index is -0.0392. The van der Waals surface area contributed by atoms with Crippen LogP contribution in [0.2, 0.25) is 0 Å². The minimum absolute atomic E-state index is 0.0392. The number of thiazole rings is 1. The number of aromatic nitrogens is 1. The topological polar surface area (TPSA) is 60.5 Å². The molecule has 0 aliphatic rings. The van der Waals surface area contributed by atoms with Gasteiger partial charge in [0.1, 0.15) is 11.5 Å². The quantitative estimate of drug-likeness (QED) is 0.798. The van der Waals surface area contributed by atoms with E-state index >= 15 is 0 Å². The standard InChI is InChI=1S/C15H18N2O3S/c1-11-10-16-15(21-11)17-14(18)4-3-9-20-13-7-5-12(19-2)6-8-13/h5-8,10H,3-4,9H2,1-2H3,(H,16,17,18). The van der Waals surface area contributed by atoms with Crippen LogP contribution in [0.1, 0.15) is 17.7 Å². The van der Waals surface area contributed by atoms with Gasteiger partial charge < -0.3 is 14.8 Å². The zero-order valence-electron chi connectivity index (χ0n) is 12.1. The summed E-state index contributed by atoms with van der Waals surface area (Å²) in [6.45, 7) is 2.45. The molecular weight excluding hydrogens is 288 g/mol. The maximum atomic E-state index is 11.7. The largest absolute Gasteiger partial charge is 0.497 e. The summed E-state index contributed by atoms with van der Waals surface area (Å²) < 4.78 is 10.6. The molecule has 0 radical (unpaired) electrons. The molecule has 0 aliphatic heterocycles. The van der Waals surface area contributed by atoms with Crippen molar-refractivity contribution in [1.29, 1.82) is 0 Å². The van der Waals surface area contributed by atoms with Gasteiger partial charge in [-0.3, -0.25) is 4.79 Å². The maximum Gasteiger partial charge on any atom is 0.226 e. The van der Waals surface area contributed by atoms with E-state index in [1.54, 1.807) is 13.3 Å². The van der Waals surface area contributed by atoms with Crippen molar-refractivity contribution in [3.05, 3.63) is 35.3 Å². The Bertz CT molecular complexity index is 581. The number of hydrogen-bond acceptors (Lipinski definition) is 5. The third-order valence-electron chi connectivity index (χ3n) is 2.74. The number of ether oxygens (including phenoxy) is 2. The van der Waals surface area contributed by atoms with Crippen molar-refractivity contribution < 1.29 is 14.3 Å². The number of nitrogens with one attached hydrogen (secondary N) is 1. The highest BCUT2D eigenvalue weighted by molar-refractivity contribution is 7.15. The molecule has 0 fully saturated rings. The van der Waals surface area contributed by atoms with Crippen LogP contribution in [0.15, 0.2) is 30.5 Å². The van der Waals surface area contributed by atoms with Crippen molar-refractivity contribution in [3.63, 3.8) is 0 Å². The van der Waals surface area contributed by atoms with Crippen molar-refractivity contribution in [2.24, 2.45) is 0 Å². The summed E-state index contributed by atoms with van der Waals surface area (Å²) in [6, 6.07) is 7.37. The molecular formula is C15H18N2O3S. The predicted molar refractivity (Wildman–Crippen MR) is 83.2 cm³/mol. The van der Waals surface area contributed by atoms with Gasteiger partial charge in [0, 0.05) is 17.5 Å². The molecule has 112 valence electrons. The van der Waals surface area contributed by atoms with Crippen LogP contribution >= 0.6 is 11.3 Å². The smallest absolute Gasteiger partial charge is 0.226 e. The second-order valence-electron chi connectivity index (χ2n) is 4.45. The minimum Gasteiger partial charge on any atom is -0.497 e. The Kier molecular flexibility index (Phi) is 5.57. The van der Waals surface area contributed by atoms with Gasteiger partial charge in [0.2, 0.25) is 5.91 Å². The molecule has 2 aromatic rings. The molecule has 0 unspecified atom stereocenters. The van der Waals surface area contributed by atoms with Crippen molar-refractivity contribution in [1.82, 2.24) is 4.98 Å². The highest BCUT2D eigenvalue weighted by Crippen LogP contribution is 2.18. The van der Waals surface area contributed by atoms with E-state index in [4.69, 9.17) is 9.47 Å². The van der Waals surface area contributed by atoms with Crippen LogP contribution in [0.25, 0.3) is 0 Å². The molecule has 1 aromatic heterocycles. The average Bonchev–Trinajstić information content (AvgIpc) is 2.89. The van der Waals surface area contributed by atoms with Gasteiger partial charge in [0.15, 0.2) is 5.13 Å². The Morgan fingerprint density at radius 3 is 2.62 bits per heavy atom. The first-order valence-electron chi connectivity index (χ1n) is 6.66. The normalized spacial score (nSPS) is 10.2. The summed E-state index contributed by atoms with van der Waals surface area (Å²) >= 11 is 1.47. The molecule has 0 spiro atoms. The third kappa shape index (κ3) is 5.07. The zero-order chi connectivity index (χ0) is 15.1. The SMILES string of the molecule is COc1ccc(OCCCC(=O)Nc2ncc(C)s2)cc1. The van der Waals surface area contributed by atoms with Gasteiger partial charge in [-0.05, 0) is 37.6 Å². The summed E-state index contributed by atoms with van der Waals surface area (Å²) in [5, 5.41) is 3.42. The van der Waals surface area contributed by atoms with E-state index in [2.05, 4.69) is 10.3 Å². The van der Waals surface area contributed by atoms with Crippen LogP contribution in [-0.2, 0) is 4.79 Å². The number of aryl methyl sites for hydroxylation is 1. The van der Waals surface area contributed by atoms with E-state index in [1.807, 2.05) is 31.2 Å². The lowest BCUT2D eigenvalue weighted by molar-refractivity contribution is -0.116. The monoisotopic (exact) mass is 306 g/mol. The van der Waals surface area contributed by atoms with Gasteiger partial charge in [0.05, 0.1) is 13.7 Å². The van der Waals surface area contributed by atoms with Gasteiger partial charge in [-0.2, -0.15) is 0 Å². The fourth-order valence-corrected chi connectivity index (χ4v) is 2.37. The third-order valence-corrected chi connectivity index (χ3v) is 3.57. The predicted octanol–water partition coefficient (Wildman–Crippen LogP) is 3.26. The average molecular weight is 306 g/mol. The van der Waals surface area contributed by atoms with E-state index in [0.717, 1.165) is 16.4 Å². The van der Waals surface area contributed by atoms with Crippen molar-refractivity contribution in [2.45, 2.75) is 19.8 Å². The van der Waals surface area contributed by atoms with Gasteiger partial charge in [-0.1, -0.05) is 0 Å². The first-order valence-corrected chi connectivity index (χ1v) is 7.48. The molecule has 21 heavy (non-hydrogen) atoms. The van der Waals surface area contributed by atoms with Crippen LogP contribution in [0.3, 0.4) is 0 Å². The van der Waals surface area contributed by atoms with Crippen molar-refractivity contribution in [2.75, 3.05) is 19.0 Å². The Morgan fingerprint density at radius 1 is 1.29 bits per heavy atom. The molecule has 0 bridgehead atoms. The zero-order valence-corrected chi connectivity index (χ0v) is 12.9. The molecule has 1 N–H and O–H groups in total. The Labute approximate surface area is 127 Å². The molecule has 0 aliphatic carbocycles. The van der Waals surface area contributed by atoms with Crippen LogP contribution in [0.5, 0.6) is 11.5 Å². The molecule has 0 atom stereocenters. The lowest BCUT2D eigenvalue weighted by Crippen LogP contribution is -2.12. The number of methoxy groups -OCH3 is 1. The number of benzene rings is 1. The highest BCUT2D eigenvalue weighted by atomic mass is 32.1. The van der Waals surface area contributed by atoms with Crippen LogP contribution < -0.4 is 14.8 Å². The molecule has 1 aromatic carbocycles. The number of carbonyl (C=O) groups excluding carboxylic acids is 1. The lowest BCUT2D eigenvalue weighted by atomic mass is 10.3. The summed E-state index contributed by atoms with van der Waals surface area (Å²) in [5.74, 6) is 1.52. The molecule has 1 amide bonds. The molecule has 0 saturated carbocycles. The van der Waals surface area contributed by atoms with E-state index in [-0.39, 0.29) is 5.91 Å². The maximum absolute atomic E-state index is 11.7. The number of carbonyl (C=O) groups is 1. The number of nitrogens with zero attached hydrogens (tertiary/aromatic N) is 1. The second-order valence-corrected chi connectivity index (χ2v) is 5.69. The fraction of sp³-hybridized carbons (Fsp3) is 0.333. The number of rotatable bonds is 7. The number of anilines is 1. The summed E-state index contributed by atoms with van der Waals surface area (Å²) in [5.41, 5.74) is 0. The Hall–Kier alpha value is -2.08. The molecule has 6 heteroatoms. The Morgan fingerprint density at radius 2 is 2.00 bits per heavy atom. The summed E-state index contributed by atoms with van der Waals surface area (Å²) in [4.78, 5) is 16.9. The van der Waals surface area contributed by atoms with E-state index in [0.29, 0.717) is 24.6 Å². The first-order chi connectivity index (χ1) is 10.2. The summed E-state index contributed by atoms with van der Waals surface area (Å²) in [7, 11) is 1.62. The van der Waals surface area contributed by atoms with Gasteiger partial charge >= 0.3 is 0 Å². The van der Waals surface area contributed by atoms with Crippen molar-refractivity contribution in [3.8, 4) is 11.5 Å². The van der Waals surface area contributed by atoms with Crippen LogP contribution in [0, 0.1) is 6.92 Å². The van der Waals surface area contributed by atoms with Gasteiger partial charge in [0.25, 0.3) is 0 Å². The highest BCUT2D eigenvalue weighted by Gasteiger charge is 2.05. The van der Waals surface area contributed by atoms with Crippen LogP contribution in [0.4, 0.5) is 5.13 Å². The number of hydrogen-bond donors (Lipinski definition) is 1. The van der Waals surface area contributed by atoms with Crippen LogP contribution in [-0.4, -0.2) is 24.6 Å². The second kappa shape index (κ2) is 7.64. The molecule has 5 nitrogen and oxygen atoms in total. The molecule has 2 rings (SSSR count). The van der Waals surface area contributed by atoms with Gasteiger partial charge in [-0.25, -0.2) is 4.98 Å².